The number of rotatable bonds is 26. The van der Waals surface area contributed by atoms with Gasteiger partial charge in [0.25, 0.3) is 0 Å². The van der Waals surface area contributed by atoms with Gasteiger partial charge >= 0.3 is 12.2 Å². The number of amides is 2. The summed E-state index contributed by atoms with van der Waals surface area (Å²) in [6.45, 7) is 2.19. The zero-order valence-corrected chi connectivity index (χ0v) is 31.7. The summed E-state index contributed by atoms with van der Waals surface area (Å²) in [5.41, 5.74) is 1.97. The monoisotopic (exact) mass is 734 g/mol. The molecule has 1 aromatic carbocycles. The lowest BCUT2D eigenvalue weighted by atomic mass is 10.1. The first kappa shape index (κ1) is 40.4. The van der Waals surface area contributed by atoms with E-state index in [4.69, 9.17) is 19.4 Å². The van der Waals surface area contributed by atoms with E-state index in [1.54, 1.807) is 0 Å². The van der Waals surface area contributed by atoms with Crippen LogP contribution in [-0.2, 0) is 9.47 Å². The molecule has 3 rings (SSSR count). The number of hydrogen-bond acceptors (Lipinski definition) is 10. The number of alkyl carbamates (subject to hydrolysis) is 2. The highest BCUT2D eigenvalue weighted by Gasteiger charge is 2.17. The van der Waals surface area contributed by atoms with Crippen LogP contribution in [0, 0.1) is 0 Å². The maximum Gasteiger partial charge on any atom is 0.407 e. The first-order valence-electron chi connectivity index (χ1n) is 17.6. The Morgan fingerprint density at radius 2 is 0.979 bits per heavy atom. The van der Waals surface area contributed by atoms with Gasteiger partial charge in [0, 0.05) is 46.0 Å². The molecular formula is C36H54N4O4S4. The van der Waals surface area contributed by atoms with Gasteiger partial charge in [0.1, 0.15) is 0 Å². The van der Waals surface area contributed by atoms with Crippen LogP contribution in [-0.4, -0.2) is 71.5 Å². The lowest BCUT2D eigenvalue weighted by Gasteiger charge is -2.16. The number of thioether (sulfide) groups is 2. The lowest BCUT2D eigenvalue weighted by molar-refractivity contribution is 0.143. The van der Waals surface area contributed by atoms with E-state index in [-0.39, 0.29) is 12.2 Å². The van der Waals surface area contributed by atoms with Crippen LogP contribution in [0.4, 0.5) is 9.59 Å². The molecule has 0 saturated carbocycles. The maximum absolute atomic E-state index is 11.6. The Balaban J connectivity index is 1.39. The molecule has 2 N–H and O–H groups in total. The third-order valence-electron chi connectivity index (χ3n) is 7.78. The van der Waals surface area contributed by atoms with Crippen molar-refractivity contribution in [3.05, 3.63) is 36.7 Å². The molecule has 2 heterocycles. The van der Waals surface area contributed by atoms with E-state index >= 15 is 0 Å². The molecule has 0 spiro atoms. The van der Waals surface area contributed by atoms with Gasteiger partial charge in [-0.3, -0.25) is 9.97 Å². The molecule has 0 aliphatic carbocycles. The predicted octanol–water partition coefficient (Wildman–Crippen LogP) is 9.74. The fourth-order valence-corrected chi connectivity index (χ4v) is 8.12. The molecular weight excluding hydrogens is 681 g/mol. The summed E-state index contributed by atoms with van der Waals surface area (Å²) in [7, 11) is 0. The van der Waals surface area contributed by atoms with E-state index in [0.717, 1.165) is 98.3 Å². The van der Waals surface area contributed by atoms with Crippen LogP contribution in [0.5, 0.6) is 0 Å². The third kappa shape index (κ3) is 15.7. The largest absolute Gasteiger partial charge is 0.450 e. The number of carbonyl (C=O) groups is 2. The Labute approximate surface area is 306 Å². The van der Waals surface area contributed by atoms with E-state index in [0.29, 0.717) is 26.3 Å². The van der Waals surface area contributed by atoms with Crippen molar-refractivity contribution in [2.24, 2.45) is 0 Å². The second-order valence-corrected chi connectivity index (χ2v) is 14.8. The molecule has 0 aliphatic heterocycles. The number of fused-ring (bicyclic) bond motifs is 3. The van der Waals surface area contributed by atoms with Crippen molar-refractivity contribution in [3.63, 3.8) is 0 Å². The minimum absolute atomic E-state index is 0.323. The summed E-state index contributed by atoms with van der Waals surface area (Å²) in [6.07, 6.45) is 18.2. The van der Waals surface area contributed by atoms with Crippen molar-refractivity contribution < 1.29 is 19.1 Å². The number of nitrogens with one attached hydrogen (secondary N) is 2. The fraction of sp³-hybridized carbons (Fsp3) is 0.611. The Kier molecular flexibility index (Phi) is 21.8. The molecule has 0 atom stereocenters. The van der Waals surface area contributed by atoms with Gasteiger partial charge in [-0.1, -0.05) is 63.5 Å². The molecule has 0 saturated heterocycles. The molecule has 12 heteroatoms. The molecule has 0 radical (unpaired) electrons. The molecule has 266 valence electrons. The number of carbonyl (C=O) groups excluding carboxylic acids is 2. The molecule has 48 heavy (non-hydrogen) atoms. The van der Waals surface area contributed by atoms with Gasteiger partial charge in [0.2, 0.25) is 0 Å². The van der Waals surface area contributed by atoms with Gasteiger partial charge in [-0.25, -0.2) is 9.59 Å². The van der Waals surface area contributed by atoms with Crippen LogP contribution in [0.2, 0.25) is 0 Å². The number of thiol groups is 2. The van der Waals surface area contributed by atoms with E-state index in [1.807, 2.05) is 48.1 Å². The van der Waals surface area contributed by atoms with Crippen LogP contribution in [0.3, 0.4) is 0 Å². The van der Waals surface area contributed by atoms with Gasteiger partial charge in [0.05, 0.1) is 24.2 Å². The van der Waals surface area contributed by atoms with Gasteiger partial charge in [-0.05, 0) is 73.7 Å². The summed E-state index contributed by atoms with van der Waals surface area (Å²) in [5, 5.41) is 7.89. The van der Waals surface area contributed by atoms with Crippen molar-refractivity contribution in [3.8, 4) is 0 Å². The topological polar surface area (TPSA) is 102 Å². The minimum atomic E-state index is -0.323. The fourth-order valence-electron chi connectivity index (χ4n) is 5.23. The summed E-state index contributed by atoms with van der Waals surface area (Å²) in [6, 6.07) is 8.46. The standard InChI is InChI=1S/C36H54N4O4S4/c41-35(39-21-15-25-45)43-23-9-5-1-3-7-11-27-47-33-29-17-13-19-37-31(29)32-30(18-14-20-38-32)34(33)48-28-12-8-4-2-6-10-24-44-36(42)40-22-16-26-46/h13-14,17-20,45-46H,1-12,15-16,21-28H2,(H,39,41)(H,40,42). The Morgan fingerprint density at radius 1 is 0.583 bits per heavy atom. The van der Waals surface area contributed by atoms with Crippen LogP contribution in [0.25, 0.3) is 21.8 Å². The summed E-state index contributed by atoms with van der Waals surface area (Å²) >= 11 is 12.2. The van der Waals surface area contributed by atoms with Gasteiger partial charge in [0.15, 0.2) is 0 Å². The summed E-state index contributed by atoms with van der Waals surface area (Å²) in [5.74, 6) is 3.65. The number of unbranched alkanes of at least 4 members (excludes halogenated alkanes) is 10. The lowest BCUT2D eigenvalue weighted by Crippen LogP contribution is -2.25. The quantitative estimate of drug-likeness (QED) is 0.0280. The molecule has 0 aliphatic rings. The average Bonchev–Trinajstić information content (AvgIpc) is 3.10. The zero-order chi connectivity index (χ0) is 34.1. The molecule has 2 aromatic heterocycles. The molecule has 0 bridgehead atoms. The number of benzene rings is 1. The Bertz CT molecular complexity index is 1250. The van der Waals surface area contributed by atoms with E-state index in [2.05, 4.69) is 48.0 Å². The second-order valence-electron chi connectivity index (χ2n) is 11.7. The maximum atomic E-state index is 11.6. The molecule has 8 nitrogen and oxygen atoms in total. The van der Waals surface area contributed by atoms with Crippen LogP contribution < -0.4 is 10.6 Å². The molecule has 2 amide bonds. The SMILES string of the molecule is O=C(NCCCS)OCCCCCCCCSc1c(SCCCCCCCCOC(=O)NCCCS)c2cccnc2c2ncccc12. The van der Waals surface area contributed by atoms with Crippen molar-refractivity contribution in [1.82, 2.24) is 20.6 Å². The Hall–Kier alpha value is -2.02. The highest BCUT2D eigenvalue weighted by atomic mass is 32.2. The third-order valence-corrected chi connectivity index (χ3v) is 11.0. The molecule has 0 fully saturated rings. The first-order chi connectivity index (χ1) is 23.7. The molecule has 3 aromatic rings. The van der Waals surface area contributed by atoms with Crippen molar-refractivity contribution >= 4 is 82.8 Å². The zero-order valence-electron chi connectivity index (χ0n) is 28.3. The van der Waals surface area contributed by atoms with Crippen molar-refractivity contribution in [2.45, 2.75) is 99.7 Å². The van der Waals surface area contributed by atoms with Crippen molar-refractivity contribution in [1.29, 1.82) is 0 Å². The highest BCUT2D eigenvalue weighted by Crippen LogP contribution is 2.43. The van der Waals surface area contributed by atoms with Gasteiger partial charge in [-0.15, -0.1) is 23.5 Å². The number of pyridine rings is 2. The van der Waals surface area contributed by atoms with E-state index in [9.17, 15) is 9.59 Å². The van der Waals surface area contributed by atoms with Crippen LogP contribution in [0.15, 0.2) is 46.5 Å². The average molecular weight is 735 g/mol. The normalized spacial score (nSPS) is 11.2. The number of nitrogens with zero attached hydrogens (tertiary/aromatic N) is 2. The minimum Gasteiger partial charge on any atom is -0.450 e. The molecule has 0 unspecified atom stereocenters. The smallest absolute Gasteiger partial charge is 0.407 e. The van der Waals surface area contributed by atoms with Crippen LogP contribution >= 0.6 is 48.8 Å². The van der Waals surface area contributed by atoms with Crippen LogP contribution in [0.1, 0.15) is 89.9 Å². The van der Waals surface area contributed by atoms with Crippen molar-refractivity contribution in [2.75, 3.05) is 49.3 Å². The number of aromatic nitrogens is 2. The number of ether oxygens (including phenoxy) is 2. The summed E-state index contributed by atoms with van der Waals surface area (Å²) in [4.78, 5) is 35.4. The second kappa shape index (κ2) is 25.9. The number of hydrogen-bond donors (Lipinski definition) is 4. The van der Waals surface area contributed by atoms with E-state index in [1.165, 1.54) is 46.2 Å². The van der Waals surface area contributed by atoms with Gasteiger partial charge in [-0.2, -0.15) is 25.3 Å². The first-order valence-corrected chi connectivity index (χ1v) is 20.8. The predicted molar refractivity (Wildman–Crippen MR) is 210 cm³/mol. The Morgan fingerprint density at radius 3 is 1.40 bits per heavy atom. The van der Waals surface area contributed by atoms with Gasteiger partial charge < -0.3 is 20.1 Å². The van der Waals surface area contributed by atoms with E-state index < -0.39 is 0 Å². The summed E-state index contributed by atoms with van der Waals surface area (Å²) < 4.78 is 10.5. The highest BCUT2D eigenvalue weighted by molar-refractivity contribution is 8.02.